The zero-order valence-electron chi connectivity index (χ0n) is 11.2. The minimum atomic E-state index is -0.669. The first kappa shape index (κ1) is 14.0. The van der Waals surface area contributed by atoms with Gasteiger partial charge in [0.15, 0.2) is 0 Å². The molecule has 17 heavy (non-hydrogen) atoms. The number of nitrogens with zero attached hydrogens (tertiary/aromatic N) is 1. The number of methoxy groups -OCH3 is 1. The molecule has 0 spiro atoms. The van der Waals surface area contributed by atoms with Crippen molar-refractivity contribution in [3.63, 3.8) is 0 Å². The number of ether oxygens (including phenoxy) is 1. The van der Waals surface area contributed by atoms with Crippen LogP contribution in [-0.4, -0.2) is 35.8 Å². The van der Waals surface area contributed by atoms with Crippen molar-refractivity contribution in [3.05, 3.63) is 29.8 Å². The summed E-state index contributed by atoms with van der Waals surface area (Å²) in [6.07, 6.45) is 0. The molecule has 0 aliphatic rings. The third kappa shape index (κ3) is 4.75. The van der Waals surface area contributed by atoms with Gasteiger partial charge in [-0.2, -0.15) is 0 Å². The predicted octanol–water partition coefficient (Wildman–Crippen LogP) is 2.29. The molecule has 1 aromatic carbocycles. The average molecular weight is 237 g/mol. The number of hydrogen-bond acceptors (Lipinski definition) is 3. The fourth-order valence-corrected chi connectivity index (χ4v) is 1.90. The molecule has 0 aliphatic carbocycles. The van der Waals surface area contributed by atoms with E-state index in [0.717, 1.165) is 24.4 Å². The molecule has 3 heteroatoms. The summed E-state index contributed by atoms with van der Waals surface area (Å²) in [4.78, 5) is 2.21. The Kier molecular flexibility index (Phi) is 4.97. The lowest BCUT2D eigenvalue weighted by Crippen LogP contribution is -2.38. The van der Waals surface area contributed by atoms with E-state index in [1.165, 1.54) is 0 Å². The van der Waals surface area contributed by atoms with Crippen LogP contribution in [0.4, 0.5) is 0 Å². The van der Waals surface area contributed by atoms with Crippen molar-refractivity contribution in [2.24, 2.45) is 0 Å². The molecule has 0 atom stereocenters. The summed E-state index contributed by atoms with van der Waals surface area (Å²) >= 11 is 0. The average Bonchev–Trinajstić information content (AvgIpc) is 2.27. The van der Waals surface area contributed by atoms with Gasteiger partial charge in [-0.25, -0.2) is 0 Å². The molecule has 1 aromatic rings. The minimum absolute atomic E-state index is 0.654. The number of aliphatic hydroxyl groups is 1. The van der Waals surface area contributed by atoms with Crippen molar-refractivity contribution < 1.29 is 9.84 Å². The van der Waals surface area contributed by atoms with Crippen LogP contribution in [0.5, 0.6) is 5.75 Å². The molecule has 96 valence electrons. The normalized spacial score (nSPS) is 11.9. The molecule has 0 saturated carbocycles. The van der Waals surface area contributed by atoms with Gasteiger partial charge in [0.05, 0.1) is 12.7 Å². The van der Waals surface area contributed by atoms with Gasteiger partial charge in [-0.05, 0) is 26.5 Å². The molecule has 0 saturated heterocycles. The lowest BCUT2D eigenvalue weighted by atomic mass is 10.1. The highest BCUT2D eigenvalue weighted by molar-refractivity contribution is 5.33. The van der Waals surface area contributed by atoms with Gasteiger partial charge >= 0.3 is 0 Å². The maximum Gasteiger partial charge on any atom is 0.123 e. The lowest BCUT2D eigenvalue weighted by Gasteiger charge is -2.28. The van der Waals surface area contributed by atoms with Gasteiger partial charge in [-0.1, -0.05) is 25.1 Å². The van der Waals surface area contributed by atoms with E-state index in [2.05, 4.69) is 17.9 Å². The van der Waals surface area contributed by atoms with Gasteiger partial charge in [0.25, 0.3) is 0 Å². The Morgan fingerprint density at radius 3 is 2.47 bits per heavy atom. The van der Waals surface area contributed by atoms with Crippen molar-refractivity contribution in [2.45, 2.75) is 32.9 Å². The zero-order chi connectivity index (χ0) is 12.9. The maximum absolute atomic E-state index is 9.85. The highest BCUT2D eigenvalue weighted by atomic mass is 16.5. The topological polar surface area (TPSA) is 32.7 Å². The lowest BCUT2D eigenvalue weighted by molar-refractivity contribution is 0.0351. The van der Waals surface area contributed by atoms with Crippen molar-refractivity contribution in [2.75, 3.05) is 20.2 Å². The first-order valence-electron chi connectivity index (χ1n) is 6.03. The highest BCUT2D eigenvalue weighted by Gasteiger charge is 2.18. The van der Waals surface area contributed by atoms with Crippen molar-refractivity contribution >= 4 is 0 Å². The third-order valence-electron chi connectivity index (χ3n) is 2.64. The second-order valence-corrected chi connectivity index (χ2v) is 4.93. The second-order valence-electron chi connectivity index (χ2n) is 4.93. The summed E-state index contributed by atoms with van der Waals surface area (Å²) in [7, 11) is 1.69. The van der Waals surface area contributed by atoms with E-state index in [4.69, 9.17) is 4.74 Å². The molecular formula is C14H23NO2. The van der Waals surface area contributed by atoms with Crippen molar-refractivity contribution in [1.29, 1.82) is 0 Å². The Morgan fingerprint density at radius 1 is 1.29 bits per heavy atom. The van der Waals surface area contributed by atoms with Crippen LogP contribution >= 0.6 is 0 Å². The van der Waals surface area contributed by atoms with E-state index in [-0.39, 0.29) is 0 Å². The maximum atomic E-state index is 9.85. The summed E-state index contributed by atoms with van der Waals surface area (Å²) in [5.41, 5.74) is 0.485. The van der Waals surface area contributed by atoms with Crippen LogP contribution in [0.15, 0.2) is 24.3 Å². The van der Waals surface area contributed by atoms with Crippen molar-refractivity contribution in [1.82, 2.24) is 4.90 Å². The Morgan fingerprint density at radius 2 is 1.94 bits per heavy atom. The van der Waals surface area contributed by atoms with E-state index in [1.807, 2.05) is 32.0 Å². The summed E-state index contributed by atoms with van der Waals surface area (Å²) in [6.45, 7) is 8.12. The van der Waals surface area contributed by atoms with Gasteiger partial charge in [0.2, 0.25) is 0 Å². The monoisotopic (exact) mass is 237 g/mol. The van der Waals surface area contributed by atoms with Crippen LogP contribution in [0.3, 0.4) is 0 Å². The number of para-hydroxylation sites is 1. The number of benzene rings is 1. The molecule has 0 amide bonds. The highest BCUT2D eigenvalue weighted by Crippen LogP contribution is 2.20. The van der Waals surface area contributed by atoms with Crippen LogP contribution in [0.2, 0.25) is 0 Å². The van der Waals surface area contributed by atoms with E-state index >= 15 is 0 Å². The van der Waals surface area contributed by atoms with Crippen LogP contribution in [0, 0.1) is 0 Å². The second kappa shape index (κ2) is 6.03. The number of rotatable bonds is 6. The summed E-state index contributed by atoms with van der Waals surface area (Å²) in [5, 5.41) is 9.85. The van der Waals surface area contributed by atoms with E-state index < -0.39 is 5.60 Å². The van der Waals surface area contributed by atoms with Crippen LogP contribution in [-0.2, 0) is 6.54 Å². The van der Waals surface area contributed by atoms with E-state index in [1.54, 1.807) is 7.11 Å². The van der Waals surface area contributed by atoms with Gasteiger partial charge < -0.3 is 9.84 Å². The Hall–Kier alpha value is -1.06. The summed E-state index contributed by atoms with van der Waals surface area (Å²) < 4.78 is 5.33. The molecule has 0 radical (unpaired) electrons. The van der Waals surface area contributed by atoms with Gasteiger partial charge in [0.1, 0.15) is 5.75 Å². The third-order valence-corrected chi connectivity index (χ3v) is 2.64. The standard InChI is InChI=1S/C14H23NO2/c1-5-15(11-14(2,3)16)10-12-8-6-7-9-13(12)17-4/h6-9,16H,5,10-11H2,1-4H3. The summed E-state index contributed by atoms with van der Waals surface area (Å²) in [6, 6.07) is 8.00. The van der Waals surface area contributed by atoms with E-state index in [9.17, 15) is 5.11 Å². The fraction of sp³-hybridized carbons (Fsp3) is 0.571. The van der Waals surface area contributed by atoms with Crippen LogP contribution < -0.4 is 4.74 Å². The first-order chi connectivity index (χ1) is 7.96. The molecule has 1 rings (SSSR count). The molecule has 0 aromatic heterocycles. The molecule has 3 nitrogen and oxygen atoms in total. The SMILES string of the molecule is CCN(Cc1ccccc1OC)CC(C)(C)O. The largest absolute Gasteiger partial charge is 0.496 e. The number of likely N-dealkylation sites (N-methyl/N-ethyl adjacent to an activating group) is 1. The minimum Gasteiger partial charge on any atom is -0.496 e. The van der Waals surface area contributed by atoms with Crippen LogP contribution in [0.25, 0.3) is 0 Å². The van der Waals surface area contributed by atoms with Gasteiger partial charge in [-0.15, -0.1) is 0 Å². The van der Waals surface area contributed by atoms with Crippen molar-refractivity contribution in [3.8, 4) is 5.75 Å². The predicted molar refractivity (Wildman–Crippen MR) is 70.2 cm³/mol. The quantitative estimate of drug-likeness (QED) is 0.824. The molecule has 0 unspecified atom stereocenters. The molecule has 0 aliphatic heterocycles. The molecule has 0 bridgehead atoms. The smallest absolute Gasteiger partial charge is 0.123 e. The first-order valence-corrected chi connectivity index (χ1v) is 6.03. The molecule has 0 heterocycles. The van der Waals surface area contributed by atoms with Gasteiger partial charge in [-0.3, -0.25) is 4.90 Å². The molecule has 0 fully saturated rings. The molecule has 1 N–H and O–H groups in total. The molecular weight excluding hydrogens is 214 g/mol. The Balaban J connectivity index is 2.73. The Labute approximate surface area is 104 Å². The zero-order valence-corrected chi connectivity index (χ0v) is 11.2. The van der Waals surface area contributed by atoms with Crippen LogP contribution in [0.1, 0.15) is 26.3 Å². The van der Waals surface area contributed by atoms with Gasteiger partial charge in [0, 0.05) is 18.7 Å². The summed E-state index contributed by atoms with van der Waals surface area (Å²) in [5.74, 6) is 0.904. The Bertz CT molecular complexity index is 344. The fourth-order valence-electron chi connectivity index (χ4n) is 1.90. The van der Waals surface area contributed by atoms with E-state index in [0.29, 0.717) is 6.54 Å². The number of hydrogen-bond donors (Lipinski definition) is 1.